The third-order valence-electron chi connectivity index (χ3n) is 4.00. The van der Waals surface area contributed by atoms with E-state index in [2.05, 4.69) is 4.72 Å². The van der Waals surface area contributed by atoms with Crippen molar-refractivity contribution >= 4 is 31.6 Å². The fraction of sp³-hybridized carbons (Fsp3) is 0.533. The number of hydrogen-bond acceptors (Lipinski definition) is 8. The van der Waals surface area contributed by atoms with Gasteiger partial charge in [0.25, 0.3) is 0 Å². The Morgan fingerprint density at radius 1 is 1.26 bits per heavy atom. The molecule has 1 fully saturated rings. The molecule has 2 rings (SSSR count). The Labute approximate surface area is 158 Å². The number of benzene rings is 1. The van der Waals surface area contributed by atoms with Crippen LogP contribution in [-0.4, -0.2) is 62.7 Å². The molecule has 0 aliphatic carbocycles. The molecule has 1 aliphatic rings. The van der Waals surface area contributed by atoms with Gasteiger partial charge in [-0.25, -0.2) is 25.9 Å². The van der Waals surface area contributed by atoms with Crippen LogP contribution in [0.5, 0.6) is 5.75 Å². The van der Waals surface area contributed by atoms with Crippen LogP contribution >= 0.6 is 0 Å². The predicted octanol–water partition coefficient (Wildman–Crippen LogP) is -0.0951. The molecule has 1 N–H and O–H groups in total. The highest BCUT2D eigenvalue weighted by Crippen LogP contribution is 2.33. The maximum Gasteiger partial charge on any atom is 0.244 e. The predicted molar refractivity (Wildman–Crippen MR) is 96.4 cm³/mol. The van der Waals surface area contributed by atoms with Gasteiger partial charge in [-0.3, -0.25) is 4.79 Å². The van der Waals surface area contributed by atoms with Gasteiger partial charge in [0, 0.05) is 14.2 Å². The third-order valence-corrected chi connectivity index (χ3v) is 7.31. The van der Waals surface area contributed by atoms with E-state index in [1.807, 2.05) is 0 Å². The highest BCUT2D eigenvalue weighted by molar-refractivity contribution is 7.94. The molecule has 10 nitrogen and oxygen atoms in total. The number of hydrogen-bond donors (Lipinski definition) is 1. The molecule has 1 heterocycles. The number of nitrogens with one attached hydrogen (secondary N) is 1. The van der Waals surface area contributed by atoms with Crippen molar-refractivity contribution in [1.82, 2.24) is 4.72 Å². The number of anilines is 1. The molecule has 0 radical (unpaired) electrons. The molecule has 0 aromatic heterocycles. The molecule has 12 heteroatoms. The maximum absolute atomic E-state index is 12.7. The van der Waals surface area contributed by atoms with Gasteiger partial charge >= 0.3 is 0 Å². The second kappa shape index (κ2) is 8.10. The molecule has 152 valence electrons. The molecule has 1 aromatic carbocycles. The van der Waals surface area contributed by atoms with Crippen LogP contribution in [0.3, 0.4) is 0 Å². The van der Waals surface area contributed by atoms with Gasteiger partial charge in [-0.1, -0.05) is 6.92 Å². The molecule has 1 saturated heterocycles. The van der Waals surface area contributed by atoms with Gasteiger partial charge in [-0.2, -0.15) is 0 Å². The highest BCUT2D eigenvalue weighted by Gasteiger charge is 2.42. The van der Waals surface area contributed by atoms with E-state index in [4.69, 9.17) is 14.2 Å². The van der Waals surface area contributed by atoms with Gasteiger partial charge in [-0.05, 0) is 18.2 Å². The molecule has 0 spiro atoms. The number of sulfonamides is 2. The van der Waals surface area contributed by atoms with Gasteiger partial charge in [-0.15, -0.1) is 0 Å². The van der Waals surface area contributed by atoms with Crippen LogP contribution in [0.1, 0.15) is 6.92 Å². The minimum Gasteiger partial charge on any atom is -0.495 e. The summed E-state index contributed by atoms with van der Waals surface area (Å²) < 4.78 is 67.7. The fourth-order valence-electron chi connectivity index (χ4n) is 2.61. The number of ether oxygens (including phenoxy) is 3. The Balaban J connectivity index is 2.45. The second-order valence-corrected chi connectivity index (χ2v) is 9.47. The largest absolute Gasteiger partial charge is 0.495 e. The average molecular weight is 422 g/mol. The van der Waals surface area contributed by atoms with Crippen molar-refractivity contribution in [2.75, 3.05) is 37.9 Å². The van der Waals surface area contributed by atoms with E-state index in [1.54, 1.807) is 0 Å². The SMILES string of the molecule is COc1ccc(N2C(=O)C(C)CS2(=O)=O)cc1S(=O)(=O)NCC(OC)OC. The molecule has 0 bridgehead atoms. The number of rotatable bonds is 8. The lowest BCUT2D eigenvalue weighted by atomic mass is 10.2. The van der Waals surface area contributed by atoms with Crippen molar-refractivity contribution in [2.24, 2.45) is 5.92 Å². The van der Waals surface area contributed by atoms with Crippen molar-refractivity contribution in [3.05, 3.63) is 18.2 Å². The van der Waals surface area contributed by atoms with Crippen LogP contribution < -0.4 is 13.8 Å². The van der Waals surface area contributed by atoms with E-state index in [9.17, 15) is 21.6 Å². The number of methoxy groups -OCH3 is 3. The van der Waals surface area contributed by atoms with Gasteiger partial charge in [0.2, 0.25) is 26.0 Å². The Bertz CT molecular complexity index is 910. The summed E-state index contributed by atoms with van der Waals surface area (Å²) in [5, 5.41) is 0. The van der Waals surface area contributed by atoms with Crippen molar-refractivity contribution in [2.45, 2.75) is 18.1 Å². The Kier molecular flexibility index (Phi) is 6.47. The normalized spacial score (nSPS) is 19.7. The van der Waals surface area contributed by atoms with Gasteiger partial charge in [0.15, 0.2) is 6.29 Å². The van der Waals surface area contributed by atoms with E-state index < -0.39 is 38.2 Å². The van der Waals surface area contributed by atoms with Crippen LogP contribution in [0.2, 0.25) is 0 Å². The monoisotopic (exact) mass is 422 g/mol. The first-order valence-corrected chi connectivity index (χ1v) is 11.0. The molecule has 1 unspecified atom stereocenters. The van der Waals surface area contributed by atoms with Gasteiger partial charge < -0.3 is 14.2 Å². The summed E-state index contributed by atoms with van der Waals surface area (Å²) in [4.78, 5) is 11.9. The second-order valence-electron chi connectivity index (χ2n) is 5.87. The Morgan fingerprint density at radius 2 is 1.89 bits per heavy atom. The molecule has 0 saturated carbocycles. The van der Waals surface area contributed by atoms with E-state index in [-0.39, 0.29) is 28.6 Å². The minimum absolute atomic E-state index is 0.00488. The molecular weight excluding hydrogens is 400 g/mol. The third kappa shape index (κ3) is 4.41. The summed E-state index contributed by atoms with van der Waals surface area (Å²) in [7, 11) is -3.98. The summed E-state index contributed by atoms with van der Waals surface area (Å²) in [5.41, 5.74) is -0.0689. The van der Waals surface area contributed by atoms with E-state index in [0.717, 1.165) is 6.07 Å². The maximum atomic E-state index is 12.7. The first kappa shape index (κ1) is 21.6. The first-order chi connectivity index (χ1) is 12.6. The summed E-state index contributed by atoms with van der Waals surface area (Å²) >= 11 is 0. The Morgan fingerprint density at radius 3 is 2.37 bits per heavy atom. The van der Waals surface area contributed by atoms with E-state index in [1.165, 1.54) is 40.4 Å². The molecular formula is C15H22N2O8S2. The van der Waals surface area contributed by atoms with Crippen LogP contribution in [0.4, 0.5) is 5.69 Å². The van der Waals surface area contributed by atoms with Gasteiger partial charge in [0.1, 0.15) is 10.6 Å². The van der Waals surface area contributed by atoms with Crippen LogP contribution in [0.15, 0.2) is 23.1 Å². The van der Waals surface area contributed by atoms with Crippen LogP contribution in [0.25, 0.3) is 0 Å². The molecule has 1 amide bonds. The van der Waals surface area contributed by atoms with E-state index >= 15 is 0 Å². The molecule has 1 atom stereocenters. The molecule has 27 heavy (non-hydrogen) atoms. The van der Waals surface area contributed by atoms with Crippen molar-refractivity contribution in [3.8, 4) is 5.75 Å². The van der Waals surface area contributed by atoms with Crippen LogP contribution in [-0.2, 0) is 34.3 Å². The standard InChI is InChI=1S/C15H22N2O8S2/c1-10-9-26(19,20)17(15(10)18)11-5-6-12(23-2)13(7-11)27(21,22)16-8-14(24-3)25-4/h5-7,10,14,16H,8-9H2,1-4H3. The lowest BCUT2D eigenvalue weighted by Crippen LogP contribution is -2.34. The molecule has 1 aromatic rings. The smallest absolute Gasteiger partial charge is 0.244 e. The average Bonchev–Trinajstić information content (AvgIpc) is 2.82. The quantitative estimate of drug-likeness (QED) is 0.576. The zero-order valence-corrected chi connectivity index (χ0v) is 17.0. The summed E-state index contributed by atoms with van der Waals surface area (Å²) in [6, 6.07) is 3.70. The lowest BCUT2D eigenvalue weighted by molar-refractivity contribution is -0.119. The van der Waals surface area contributed by atoms with Crippen molar-refractivity contribution in [1.29, 1.82) is 0 Å². The topological polar surface area (TPSA) is 128 Å². The van der Waals surface area contributed by atoms with Gasteiger partial charge in [0.05, 0.1) is 31.0 Å². The number of carbonyl (C=O) groups excluding carboxylic acids is 1. The lowest BCUT2D eigenvalue weighted by Gasteiger charge is -2.19. The van der Waals surface area contributed by atoms with E-state index in [0.29, 0.717) is 4.31 Å². The van der Waals surface area contributed by atoms with Crippen LogP contribution in [0, 0.1) is 5.92 Å². The first-order valence-electron chi connectivity index (χ1n) is 7.87. The fourth-order valence-corrected chi connectivity index (χ4v) is 5.62. The Hall–Kier alpha value is -1.73. The minimum atomic E-state index is -4.11. The zero-order valence-electron chi connectivity index (χ0n) is 15.3. The summed E-state index contributed by atoms with van der Waals surface area (Å²) in [6.45, 7) is 1.32. The highest BCUT2D eigenvalue weighted by atomic mass is 32.2. The van der Waals surface area contributed by atoms with Crippen molar-refractivity contribution in [3.63, 3.8) is 0 Å². The summed E-state index contributed by atoms with van der Waals surface area (Å²) in [5.74, 6) is -1.66. The number of nitrogens with zero attached hydrogens (tertiary/aromatic N) is 1. The van der Waals surface area contributed by atoms with Crippen molar-refractivity contribution < 1.29 is 35.8 Å². The zero-order chi connectivity index (χ0) is 20.4. The number of amides is 1. The number of carbonyl (C=O) groups is 1. The molecule has 1 aliphatic heterocycles. The summed E-state index contributed by atoms with van der Waals surface area (Å²) in [6.07, 6.45) is -0.810.